The van der Waals surface area contributed by atoms with Gasteiger partial charge < -0.3 is 24.2 Å². The Morgan fingerprint density at radius 3 is 2.74 bits per heavy atom. The molecule has 0 amide bonds. The number of hydrogen-bond acceptors (Lipinski definition) is 8. The van der Waals surface area contributed by atoms with Gasteiger partial charge in [-0.2, -0.15) is 0 Å². The molecule has 2 fully saturated rings. The van der Waals surface area contributed by atoms with Gasteiger partial charge in [0.05, 0.1) is 32.1 Å². The van der Waals surface area contributed by atoms with Crippen molar-refractivity contribution in [2.75, 3.05) is 78.1 Å². The van der Waals surface area contributed by atoms with Gasteiger partial charge in [-0.25, -0.2) is 9.37 Å². The van der Waals surface area contributed by atoms with E-state index in [2.05, 4.69) is 14.8 Å². The lowest BCUT2D eigenvalue weighted by Crippen LogP contribution is -2.43. The maximum atomic E-state index is 13.2. The summed E-state index contributed by atoms with van der Waals surface area (Å²) >= 11 is 0. The van der Waals surface area contributed by atoms with Crippen LogP contribution >= 0.6 is 0 Å². The molecule has 0 bridgehead atoms. The van der Waals surface area contributed by atoms with E-state index in [0.29, 0.717) is 50.8 Å². The van der Waals surface area contributed by atoms with E-state index >= 15 is 0 Å². The molecule has 9 heteroatoms. The SMILES string of the molecule is COc1cc(CN(C)CC2(O)CCN(c3ccc(F)cn3)C2)ccc1OCCN1CCOCC1. The standard InChI is InChI=1S/C25H35FN4O4/c1-28(18-25(31)7-8-30(19-25)24-6-4-21(26)16-27-24)17-20-3-5-22(23(15-20)32-2)34-14-11-29-9-12-33-13-10-29/h3-6,15-16,31H,7-14,17-19H2,1-2H3. The highest BCUT2D eigenvalue weighted by atomic mass is 19.1. The number of anilines is 1. The first-order chi connectivity index (χ1) is 16.4. The molecular formula is C25H35FN4O4. The van der Waals surface area contributed by atoms with Crippen LogP contribution in [0.1, 0.15) is 12.0 Å². The van der Waals surface area contributed by atoms with Crippen LogP contribution < -0.4 is 14.4 Å². The van der Waals surface area contributed by atoms with Crippen molar-refractivity contribution in [3.63, 3.8) is 0 Å². The second-order valence-electron chi connectivity index (χ2n) is 9.19. The van der Waals surface area contributed by atoms with Crippen molar-refractivity contribution in [2.45, 2.75) is 18.6 Å². The topological polar surface area (TPSA) is 70.5 Å². The van der Waals surface area contributed by atoms with Crippen LogP contribution in [-0.2, 0) is 11.3 Å². The zero-order chi connectivity index (χ0) is 24.0. The summed E-state index contributed by atoms with van der Waals surface area (Å²) in [5.41, 5.74) is 0.232. The van der Waals surface area contributed by atoms with Gasteiger partial charge in [-0.1, -0.05) is 6.07 Å². The van der Waals surface area contributed by atoms with E-state index in [-0.39, 0.29) is 5.82 Å². The van der Waals surface area contributed by atoms with E-state index in [1.165, 1.54) is 12.3 Å². The molecule has 2 saturated heterocycles. The second-order valence-corrected chi connectivity index (χ2v) is 9.19. The third kappa shape index (κ3) is 6.56. The number of ether oxygens (including phenoxy) is 3. The second kappa shape index (κ2) is 11.3. The summed E-state index contributed by atoms with van der Waals surface area (Å²) in [6, 6.07) is 9.04. The minimum atomic E-state index is -0.850. The summed E-state index contributed by atoms with van der Waals surface area (Å²) in [7, 11) is 3.65. The quantitative estimate of drug-likeness (QED) is 0.561. The summed E-state index contributed by atoms with van der Waals surface area (Å²) < 4.78 is 30.1. The van der Waals surface area contributed by atoms with Crippen molar-refractivity contribution < 1.29 is 23.7 Å². The number of methoxy groups -OCH3 is 1. The number of aliphatic hydroxyl groups is 1. The molecule has 2 aliphatic heterocycles. The van der Waals surface area contributed by atoms with Gasteiger partial charge in [0, 0.05) is 45.8 Å². The van der Waals surface area contributed by atoms with E-state index < -0.39 is 5.60 Å². The fourth-order valence-electron chi connectivity index (χ4n) is 4.65. The molecule has 34 heavy (non-hydrogen) atoms. The van der Waals surface area contributed by atoms with E-state index in [1.807, 2.05) is 30.1 Å². The van der Waals surface area contributed by atoms with Crippen LogP contribution in [0.3, 0.4) is 0 Å². The molecule has 1 aromatic heterocycles. The first-order valence-electron chi connectivity index (χ1n) is 11.8. The molecule has 2 aromatic rings. The number of pyridine rings is 1. The lowest BCUT2D eigenvalue weighted by molar-refractivity contribution is 0.0279. The summed E-state index contributed by atoms with van der Waals surface area (Å²) in [6.07, 6.45) is 1.85. The van der Waals surface area contributed by atoms with Gasteiger partial charge in [-0.05, 0) is 43.3 Å². The summed E-state index contributed by atoms with van der Waals surface area (Å²) in [5, 5.41) is 11.1. The predicted octanol–water partition coefficient (Wildman–Crippen LogP) is 2.01. The Bertz CT molecular complexity index is 926. The van der Waals surface area contributed by atoms with Gasteiger partial charge in [0.15, 0.2) is 11.5 Å². The highest BCUT2D eigenvalue weighted by molar-refractivity contribution is 5.43. The molecule has 2 aliphatic rings. The number of rotatable bonds is 10. The van der Waals surface area contributed by atoms with E-state index in [0.717, 1.165) is 44.2 Å². The van der Waals surface area contributed by atoms with Crippen molar-refractivity contribution >= 4 is 5.82 Å². The molecule has 1 atom stereocenters. The van der Waals surface area contributed by atoms with E-state index in [4.69, 9.17) is 14.2 Å². The monoisotopic (exact) mass is 474 g/mol. The van der Waals surface area contributed by atoms with Crippen molar-refractivity contribution in [3.8, 4) is 11.5 Å². The molecule has 8 nitrogen and oxygen atoms in total. The molecule has 1 N–H and O–H groups in total. The first-order valence-corrected chi connectivity index (χ1v) is 11.8. The van der Waals surface area contributed by atoms with Gasteiger partial charge in [-0.3, -0.25) is 9.80 Å². The summed E-state index contributed by atoms with van der Waals surface area (Å²) in [5.74, 6) is 1.77. The van der Waals surface area contributed by atoms with Crippen LogP contribution in [0.5, 0.6) is 11.5 Å². The average molecular weight is 475 g/mol. The van der Waals surface area contributed by atoms with E-state index in [1.54, 1.807) is 13.2 Å². The number of β-amino-alcohol motifs (C(OH)–C–C–N with tert-alkyl or cyclic N) is 1. The zero-order valence-corrected chi connectivity index (χ0v) is 20.1. The Hall–Kier alpha value is -2.46. The predicted molar refractivity (Wildman–Crippen MR) is 128 cm³/mol. The number of nitrogens with zero attached hydrogens (tertiary/aromatic N) is 4. The Balaban J connectivity index is 1.28. The fraction of sp³-hybridized carbons (Fsp3) is 0.560. The van der Waals surface area contributed by atoms with Gasteiger partial charge in [0.1, 0.15) is 18.2 Å². The zero-order valence-electron chi connectivity index (χ0n) is 20.1. The third-order valence-corrected chi connectivity index (χ3v) is 6.38. The van der Waals surface area contributed by atoms with Crippen molar-refractivity contribution in [1.29, 1.82) is 0 Å². The fourth-order valence-corrected chi connectivity index (χ4v) is 4.65. The number of benzene rings is 1. The van der Waals surface area contributed by atoms with Crippen LogP contribution in [0.15, 0.2) is 36.5 Å². The molecule has 0 saturated carbocycles. The Labute approximate surface area is 200 Å². The lowest BCUT2D eigenvalue weighted by Gasteiger charge is -2.29. The third-order valence-electron chi connectivity index (χ3n) is 6.38. The first kappa shape index (κ1) is 24.7. The van der Waals surface area contributed by atoms with Crippen LogP contribution in [0.4, 0.5) is 10.2 Å². The number of morpholine rings is 1. The number of halogens is 1. The Morgan fingerprint density at radius 1 is 1.18 bits per heavy atom. The highest BCUT2D eigenvalue weighted by Gasteiger charge is 2.37. The Kier molecular flexibility index (Phi) is 8.20. The minimum Gasteiger partial charge on any atom is -0.493 e. The van der Waals surface area contributed by atoms with Gasteiger partial charge >= 0.3 is 0 Å². The molecule has 186 valence electrons. The number of likely N-dealkylation sites (N-methyl/N-ethyl adjacent to an activating group) is 1. The van der Waals surface area contributed by atoms with Gasteiger partial charge in [-0.15, -0.1) is 0 Å². The molecule has 0 aliphatic carbocycles. The smallest absolute Gasteiger partial charge is 0.161 e. The lowest BCUT2D eigenvalue weighted by atomic mass is 10.0. The molecule has 0 spiro atoms. The van der Waals surface area contributed by atoms with Gasteiger partial charge in [0.25, 0.3) is 0 Å². The molecule has 0 radical (unpaired) electrons. The number of hydrogen-bond donors (Lipinski definition) is 1. The van der Waals surface area contributed by atoms with Crippen molar-refractivity contribution in [2.24, 2.45) is 0 Å². The normalized spacial score (nSPS) is 21.3. The minimum absolute atomic E-state index is 0.359. The summed E-state index contributed by atoms with van der Waals surface area (Å²) in [4.78, 5) is 10.6. The largest absolute Gasteiger partial charge is 0.493 e. The van der Waals surface area contributed by atoms with Crippen molar-refractivity contribution in [1.82, 2.24) is 14.8 Å². The molecule has 3 heterocycles. The molecular weight excluding hydrogens is 439 g/mol. The van der Waals surface area contributed by atoms with Crippen LogP contribution in [-0.4, -0.2) is 98.7 Å². The molecule has 4 rings (SSSR count). The van der Waals surface area contributed by atoms with Crippen LogP contribution in [0, 0.1) is 5.82 Å². The van der Waals surface area contributed by atoms with E-state index in [9.17, 15) is 9.50 Å². The maximum absolute atomic E-state index is 13.2. The Morgan fingerprint density at radius 2 is 2.00 bits per heavy atom. The summed E-state index contributed by atoms with van der Waals surface area (Å²) in [6.45, 7) is 7.24. The number of aromatic nitrogens is 1. The molecule has 1 unspecified atom stereocenters. The maximum Gasteiger partial charge on any atom is 0.161 e. The van der Waals surface area contributed by atoms with Crippen LogP contribution in [0.2, 0.25) is 0 Å². The average Bonchev–Trinajstić information content (AvgIpc) is 3.22. The highest BCUT2D eigenvalue weighted by Crippen LogP contribution is 2.30. The molecule has 1 aromatic carbocycles. The van der Waals surface area contributed by atoms with Crippen molar-refractivity contribution in [3.05, 3.63) is 47.9 Å². The van der Waals surface area contributed by atoms with Gasteiger partial charge in [0.2, 0.25) is 0 Å². The van der Waals surface area contributed by atoms with Crippen LogP contribution in [0.25, 0.3) is 0 Å².